The zero-order chi connectivity index (χ0) is 60.3. The van der Waals surface area contributed by atoms with Crippen LogP contribution in [0.15, 0.2) is 43.0 Å². The van der Waals surface area contributed by atoms with Crippen molar-refractivity contribution >= 4 is 101 Å². The third kappa shape index (κ3) is 23.4. The normalized spacial score (nSPS) is 14.6. The van der Waals surface area contributed by atoms with Gasteiger partial charge in [0.2, 0.25) is 53.2 Å². The molecule has 28 nitrogen and oxygen atoms in total. The summed E-state index contributed by atoms with van der Waals surface area (Å²) in [6, 6.07) is -5.37. The Labute approximate surface area is 479 Å². The van der Waals surface area contributed by atoms with Crippen LogP contribution in [0.5, 0.6) is 0 Å². The summed E-state index contributed by atoms with van der Waals surface area (Å²) in [7, 11) is 0. The predicted octanol–water partition coefficient (Wildman–Crippen LogP) is -2.98. The van der Waals surface area contributed by atoms with Crippen LogP contribution in [0.2, 0.25) is 0 Å². The molecule has 2 aromatic heterocycles. The number of aliphatic carboxylic acids is 2. The second-order valence-corrected chi connectivity index (χ2v) is 20.8. The van der Waals surface area contributed by atoms with Gasteiger partial charge in [0.1, 0.15) is 48.3 Å². The number of fused-ring (bicyclic) bond motifs is 1. The van der Waals surface area contributed by atoms with Gasteiger partial charge in [0.15, 0.2) is 0 Å². The number of hydrogen-bond acceptors (Lipinski definition) is 17. The number of carboxylic acid groups (broad SMARTS) is 2. The van der Waals surface area contributed by atoms with Gasteiger partial charge < -0.3 is 84.6 Å². The summed E-state index contributed by atoms with van der Waals surface area (Å²) < 4.78 is 0. The van der Waals surface area contributed by atoms with Crippen LogP contribution >= 0.6 is 25.3 Å². The highest BCUT2D eigenvalue weighted by molar-refractivity contribution is 7.80. The maximum atomic E-state index is 14.2. The van der Waals surface area contributed by atoms with Crippen molar-refractivity contribution in [3.63, 3.8) is 0 Å². The molecule has 0 aliphatic heterocycles. The van der Waals surface area contributed by atoms with Crippen molar-refractivity contribution in [1.29, 1.82) is 0 Å². The van der Waals surface area contributed by atoms with Crippen LogP contribution in [0.3, 0.4) is 0 Å². The van der Waals surface area contributed by atoms with Gasteiger partial charge in [-0.3, -0.25) is 47.9 Å². The minimum atomic E-state index is -1.65. The first kappa shape index (κ1) is 68.0. The second-order valence-electron chi connectivity index (χ2n) is 20.1. The van der Waals surface area contributed by atoms with Crippen molar-refractivity contribution < 1.29 is 68.1 Å². The number of aromatic nitrogens is 3. The second kappa shape index (κ2) is 34.8. The van der Waals surface area contributed by atoms with Crippen molar-refractivity contribution in [3.8, 4) is 0 Å². The van der Waals surface area contributed by atoms with E-state index in [1.54, 1.807) is 58.2 Å². The van der Waals surface area contributed by atoms with Gasteiger partial charge in [0.05, 0.1) is 25.5 Å². The van der Waals surface area contributed by atoms with Gasteiger partial charge in [-0.2, -0.15) is 25.3 Å². The zero-order valence-corrected chi connectivity index (χ0v) is 47.4. The molecule has 18 N–H and O–H groups in total. The fourth-order valence-electron chi connectivity index (χ4n) is 8.17. The van der Waals surface area contributed by atoms with Gasteiger partial charge in [-0.05, 0) is 68.5 Å². The van der Waals surface area contributed by atoms with E-state index in [1.807, 2.05) is 0 Å². The van der Waals surface area contributed by atoms with Crippen molar-refractivity contribution in [2.75, 3.05) is 31.2 Å². The van der Waals surface area contributed by atoms with Crippen molar-refractivity contribution in [2.24, 2.45) is 23.3 Å². The Balaban J connectivity index is 1.81. The number of aliphatic hydroxyl groups excluding tert-OH is 1. The van der Waals surface area contributed by atoms with Gasteiger partial charge in [-0.15, -0.1) is 0 Å². The van der Waals surface area contributed by atoms with Crippen molar-refractivity contribution in [3.05, 3.63) is 54.2 Å². The van der Waals surface area contributed by atoms with Crippen LogP contribution in [0, 0.1) is 11.8 Å². The number of hydrogen-bond donors (Lipinski definition) is 18. The summed E-state index contributed by atoms with van der Waals surface area (Å²) in [5.74, 6) is -11.5. The molecule has 0 radical (unpaired) electrons. The van der Waals surface area contributed by atoms with E-state index in [4.69, 9.17) is 11.5 Å². The van der Waals surface area contributed by atoms with E-state index in [0.717, 1.165) is 10.9 Å². The van der Waals surface area contributed by atoms with Crippen LogP contribution in [0.4, 0.5) is 0 Å². The van der Waals surface area contributed by atoms with Gasteiger partial charge in [0.25, 0.3) is 0 Å². The molecule has 3 rings (SSSR count). The number of aromatic amines is 2. The van der Waals surface area contributed by atoms with E-state index >= 15 is 0 Å². The van der Waals surface area contributed by atoms with Gasteiger partial charge in [0, 0.05) is 59.8 Å². The SMILES string of the molecule is CC(C)C[C@H](NC(=O)[C@H](CC(C)C)NC(=O)[C@H](CO)NC(=O)[C@H](Cc1cnc[nH]1)NC(=O)[C@@H](N)CS)C(=O)N[C@@H](CCC(=O)O)C(=O)N[C@@H](CCCCN)C(=O)NCC(=O)N[C@@H](Cc1c[nH]c2ccccc12)C(=O)N[C@@H](CS)C(=O)O. The summed E-state index contributed by atoms with van der Waals surface area (Å²) in [4.78, 5) is 156. The molecule has 0 unspecified atom stereocenters. The van der Waals surface area contributed by atoms with Gasteiger partial charge in [-0.1, -0.05) is 45.9 Å². The predicted molar refractivity (Wildman–Crippen MR) is 302 cm³/mol. The molecule has 2 heterocycles. The number of nitrogens with one attached hydrogen (secondary N) is 11. The lowest BCUT2D eigenvalue weighted by molar-refractivity contribution is -0.141. The topological polar surface area (TPSA) is 453 Å². The molecule has 0 aliphatic rings. The first-order valence-electron chi connectivity index (χ1n) is 26.4. The molecule has 0 bridgehead atoms. The maximum absolute atomic E-state index is 14.2. The lowest BCUT2D eigenvalue weighted by Crippen LogP contribution is -2.61. The smallest absolute Gasteiger partial charge is 0.327 e. The Morgan fingerprint density at radius 1 is 0.605 bits per heavy atom. The molecule has 9 atom stereocenters. The van der Waals surface area contributed by atoms with Gasteiger partial charge >= 0.3 is 11.9 Å². The highest BCUT2D eigenvalue weighted by atomic mass is 32.1. The molecule has 3 aromatic rings. The molecule has 0 spiro atoms. The first-order chi connectivity index (χ1) is 38.4. The number of nitrogens with zero attached hydrogens (tertiary/aromatic N) is 1. The van der Waals surface area contributed by atoms with Crippen LogP contribution in [0.1, 0.15) is 83.9 Å². The Hall–Kier alpha value is -7.28. The standard InChI is InChI=1S/C51H78N14O14S2/c1-26(2)15-35(62-47(74)36(16-27(3)4)63-50(77)39(22-66)64-49(76)38(18-29-20-54-25-57-29)61-43(70)31(53)23-80)46(73)60-34(12-13-42(68)69)45(72)59-33(11-7-8-14-52)44(71)56-21-41(67)58-37(48(75)65-40(24-81)51(78)79)17-28-19-55-32-10-6-5-9-30(28)32/h5-6,9-10,19-20,25-27,31,33-40,55,66,80-81H,7-8,11-18,21-24,52-53H2,1-4H3,(H,54,57)(H,56,71)(H,58,67)(H,59,72)(H,60,73)(H,61,70)(H,62,74)(H,63,77)(H,64,76)(H,65,75)(H,68,69)(H,78,79)/t31-,33-,34-,35-,36-,37-,38-,39-,40-/m0/s1. The average Bonchev–Trinajstić information content (AvgIpc) is 4.16. The number of nitrogens with two attached hydrogens (primary N) is 2. The van der Waals surface area contributed by atoms with E-state index in [0.29, 0.717) is 17.7 Å². The molecule has 0 saturated heterocycles. The largest absolute Gasteiger partial charge is 0.481 e. The van der Waals surface area contributed by atoms with E-state index < -0.39 is 145 Å². The Morgan fingerprint density at radius 3 is 1.65 bits per heavy atom. The summed E-state index contributed by atoms with van der Waals surface area (Å²) in [6.07, 6.45) is 3.67. The molecule has 0 saturated carbocycles. The number of unbranched alkanes of at least 4 members (excludes halogenated alkanes) is 1. The van der Waals surface area contributed by atoms with Crippen molar-refractivity contribution in [2.45, 2.75) is 140 Å². The number of carbonyl (C=O) groups excluding carboxylic acids is 9. The molecule has 448 valence electrons. The number of rotatable bonds is 37. The lowest BCUT2D eigenvalue weighted by atomic mass is 9.99. The number of carboxylic acids is 2. The van der Waals surface area contributed by atoms with Crippen molar-refractivity contribution in [1.82, 2.24) is 62.8 Å². The summed E-state index contributed by atoms with van der Waals surface area (Å²) in [6.45, 7) is 5.50. The summed E-state index contributed by atoms with van der Waals surface area (Å²) >= 11 is 8.03. The number of para-hydroxylation sites is 1. The van der Waals surface area contributed by atoms with Crippen LogP contribution < -0.4 is 59.3 Å². The highest BCUT2D eigenvalue weighted by Gasteiger charge is 2.35. The number of H-pyrrole nitrogens is 2. The molecule has 30 heteroatoms. The Morgan fingerprint density at radius 2 is 1.12 bits per heavy atom. The Kier molecular flexibility index (Phi) is 29.2. The van der Waals surface area contributed by atoms with E-state index in [1.165, 1.54) is 12.5 Å². The third-order valence-electron chi connectivity index (χ3n) is 12.5. The maximum Gasteiger partial charge on any atom is 0.327 e. The van der Waals surface area contributed by atoms with Gasteiger partial charge in [-0.25, -0.2) is 9.78 Å². The van der Waals surface area contributed by atoms with Crippen LogP contribution in [-0.2, 0) is 65.6 Å². The molecule has 81 heavy (non-hydrogen) atoms. The van der Waals surface area contributed by atoms with E-state index in [9.17, 15) is 68.1 Å². The number of amides is 9. The number of benzene rings is 1. The quantitative estimate of drug-likeness (QED) is 0.0202. The number of imidazole rings is 1. The number of carbonyl (C=O) groups is 11. The molecule has 9 amide bonds. The summed E-state index contributed by atoms with van der Waals surface area (Å²) in [5, 5.41) is 52.6. The average molecular weight is 1180 g/mol. The van der Waals surface area contributed by atoms with E-state index in [-0.39, 0.29) is 68.4 Å². The minimum Gasteiger partial charge on any atom is -0.481 e. The molecule has 0 aliphatic carbocycles. The molecular formula is C51H78N14O14S2. The lowest BCUT2D eigenvalue weighted by Gasteiger charge is -2.28. The van der Waals surface area contributed by atoms with E-state index in [2.05, 4.69) is 88.1 Å². The first-order valence-corrected chi connectivity index (χ1v) is 27.6. The number of aliphatic hydroxyl groups is 1. The van der Waals surface area contributed by atoms with Crippen LogP contribution in [-0.4, -0.2) is 181 Å². The third-order valence-corrected chi connectivity index (χ3v) is 13.2. The highest BCUT2D eigenvalue weighted by Crippen LogP contribution is 2.20. The Bertz CT molecular complexity index is 2600. The fraction of sp³-hybridized carbons (Fsp3) is 0.569. The fourth-order valence-corrected chi connectivity index (χ4v) is 8.58. The molecule has 1 aromatic carbocycles. The van der Waals surface area contributed by atoms with Crippen LogP contribution in [0.25, 0.3) is 10.9 Å². The number of thiol groups is 2. The monoisotopic (exact) mass is 1170 g/mol. The molecular weight excluding hydrogens is 1100 g/mol. The minimum absolute atomic E-state index is 0.0106. The zero-order valence-electron chi connectivity index (χ0n) is 45.6. The molecule has 0 fully saturated rings. The summed E-state index contributed by atoms with van der Waals surface area (Å²) in [5.41, 5.74) is 13.3.